The normalized spacial score (nSPS) is 15.1. The summed E-state index contributed by atoms with van der Waals surface area (Å²) in [6.07, 6.45) is 0. The lowest BCUT2D eigenvalue weighted by Gasteiger charge is -2.36. The Morgan fingerprint density at radius 2 is 1.62 bits per heavy atom. The van der Waals surface area contributed by atoms with Crippen LogP contribution in [-0.2, 0) is 13.6 Å². The smallest absolute Gasteiger partial charge is 0.290 e. The van der Waals surface area contributed by atoms with E-state index in [9.17, 15) is 9.18 Å². The van der Waals surface area contributed by atoms with E-state index in [1.165, 1.54) is 16.8 Å². The van der Waals surface area contributed by atoms with Crippen LogP contribution in [0.3, 0.4) is 0 Å². The first kappa shape index (κ1) is 20.0. The third-order valence-electron chi connectivity index (χ3n) is 5.33. The van der Waals surface area contributed by atoms with Gasteiger partial charge in [-0.05, 0) is 36.4 Å². The summed E-state index contributed by atoms with van der Waals surface area (Å²) in [5.74, 6) is -0.348. The number of anilines is 1. The molecular formula is C21H21Cl2FN4O. The van der Waals surface area contributed by atoms with Crippen molar-refractivity contribution in [1.82, 2.24) is 14.3 Å². The van der Waals surface area contributed by atoms with Gasteiger partial charge in [-0.15, -0.1) is 0 Å². The van der Waals surface area contributed by atoms with Gasteiger partial charge < -0.3 is 4.90 Å². The number of halogens is 3. The Balaban J connectivity index is 1.51. The average Bonchev–Trinajstić information content (AvgIpc) is 2.93. The van der Waals surface area contributed by atoms with Gasteiger partial charge in [-0.3, -0.25) is 14.4 Å². The predicted octanol–water partition coefficient (Wildman–Crippen LogP) is 3.94. The van der Waals surface area contributed by atoms with Crippen LogP contribution in [0.2, 0.25) is 10.0 Å². The Morgan fingerprint density at radius 1 is 0.966 bits per heavy atom. The minimum Gasteiger partial charge on any atom is -0.368 e. The SMILES string of the molecule is Cn1c(CN2CCN(c3ccccc3Cl)CC2)c(Cl)c(=O)n1-c1ccc(F)cc1. The number of nitrogens with zero attached hydrogens (tertiary/aromatic N) is 4. The summed E-state index contributed by atoms with van der Waals surface area (Å²) in [7, 11) is 1.80. The fourth-order valence-corrected chi connectivity index (χ4v) is 4.24. The number of piperazine rings is 1. The first-order valence-corrected chi connectivity index (χ1v) is 10.2. The van der Waals surface area contributed by atoms with E-state index in [0.717, 1.165) is 42.6 Å². The highest BCUT2D eigenvalue weighted by Gasteiger charge is 2.23. The predicted molar refractivity (Wildman–Crippen MR) is 115 cm³/mol. The van der Waals surface area contributed by atoms with Crippen LogP contribution in [-0.4, -0.2) is 40.4 Å². The van der Waals surface area contributed by atoms with Gasteiger partial charge in [-0.25, -0.2) is 9.07 Å². The second-order valence-electron chi connectivity index (χ2n) is 7.09. The zero-order valence-electron chi connectivity index (χ0n) is 16.0. The molecule has 5 nitrogen and oxygen atoms in total. The third kappa shape index (κ3) is 3.92. The summed E-state index contributed by atoms with van der Waals surface area (Å²) >= 11 is 12.7. The fourth-order valence-electron chi connectivity index (χ4n) is 3.73. The van der Waals surface area contributed by atoms with E-state index < -0.39 is 0 Å². The Labute approximate surface area is 178 Å². The fraction of sp³-hybridized carbons (Fsp3) is 0.286. The van der Waals surface area contributed by atoms with Crippen LogP contribution in [0.25, 0.3) is 5.69 Å². The van der Waals surface area contributed by atoms with Crippen LogP contribution >= 0.6 is 23.2 Å². The first-order chi connectivity index (χ1) is 14.0. The molecule has 4 rings (SSSR count). The van der Waals surface area contributed by atoms with E-state index in [4.69, 9.17) is 23.2 Å². The molecule has 0 saturated carbocycles. The van der Waals surface area contributed by atoms with Crippen molar-refractivity contribution in [2.24, 2.45) is 7.05 Å². The van der Waals surface area contributed by atoms with Gasteiger partial charge >= 0.3 is 0 Å². The number of hydrogen-bond donors (Lipinski definition) is 0. The third-order valence-corrected chi connectivity index (χ3v) is 6.03. The molecule has 0 N–H and O–H groups in total. The molecule has 2 aromatic carbocycles. The second kappa shape index (κ2) is 8.22. The molecule has 0 radical (unpaired) electrons. The van der Waals surface area contributed by atoms with Crippen molar-refractivity contribution in [3.8, 4) is 5.69 Å². The molecule has 0 unspecified atom stereocenters. The highest BCUT2D eigenvalue weighted by Crippen LogP contribution is 2.26. The zero-order valence-corrected chi connectivity index (χ0v) is 17.5. The van der Waals surface area contributed by atoms with Gasteiger partial charge in [0.2, 0.25) is 0 Å². The molecule has 1 aliphatic heterocycles. The van der Waals surface area contributed by atoms with E-state index in [0.29, 0.717) is 12.2 Å². The number of rotatable bonds is 4. The molecule has 0 atom stereocenters. The van der Waals surface area contributed by atoms with Crippen LogP contribution < -0.4 is 10.5 Å². The minimum absolute atomic E-state index is 0.199. The molecule has 1 fully saturated rings. The second-order valence-corrected chi connectivity index (χ2v) is 7.88. The Kier molecular flexibility index (Phi) is 5.67. The molecular weight excluding hydrogens is 414 g/mol. The Bertz CT molecular complexity index is 1070. The van der Waals surface area contributed by atoms with E-state index in [2.05, 4.69) is 9.80 Å². The van der Waals surface area contributed by atoms with Crippen molar-refractivity contribution in [2.45, 2.75) is 6.54 Å². The number of para-hydroxylation sites is 1. The van der Waals surface area contributed by atoms with Crippen LogP contribution in [0.5, 0.6) is 0 Å². The highest BCUT2D eigenvalue weighted by atomic mass is 35.5. The molecule has 0 bridgehead atoms. The highest BCUT2D eigenvalue weighted by molar-refractivity contribution is 6.33. The van der Waals surface area contributed by atoms with Crippen molar-refractivity contribution in [3.63, 3.8) is 0 Å². The van der Waals surface area contributed by atoms with E-state index >= 15 is 0 Å². The van der Waals surface area contributed by atoms with Crippen molar-refractivity contribution >= 4 is 28.9 Å². The molecule has 0 amide bonds. The van der Waals surface area contributed by atoms with Gasteiger partial charge in [0.05, 0.1) is 22.1 Å². The van der Waals surface area contributed by atoms with Gasteiger partial charge in [0.1, 0.15) is 10.8 Å². The summed E-state index contributed by atoms with van der Waals surface area (Å²) in [5, 5.41) is 0.952. The summed E-state index contributed by atoms with van der Waals surface area (Å²) in [6.45, 7) is 3.91. The van der Waals surface area contributed by atoms with Crippen molar-refractivity contribution in [1.29, 1.82) is 0 Å². The largest absolute Gasteiger partial charge is 0.368 e. The van der Waals surface area contributed by atoms with Gasteiger partial charge in [0.15, 0.2) is 0 Å². The molecule has 1 aromatic heterocycles. The van der Waals surface area contributed by atoms with Gasteiger partial charge in [0.25, 0.3) is 5.56 Å². The maximum absolute atomic E-state index is 13.2. The summed E-state index contributed by atoms with van der Waals surface area (Å²) in [6, 6.07) is 13.6. The van der Waals surface area contributed by atoms with Crippen molar-refractivity contribution in [3.05, 3.63) is 80.4 Å². The molecule has 29 heavy (non-hydrogen) atoms. The molecule has 0 aliphatic carbocycles. The number of aromatic nitrogens is 2. The standard InChI is InChI=1S/C21H21Cl2FN4O/c1-25-19(20(23)21(29)28(25)16-8-6-15(24)7-9-16)14-26-10-12-27(13-11-26)18-5-3-2-4-17(18)22/h2-9H,10-14H2,1H3. The zero-order chi connectivity index (χ0) is 20.5. The van der Waals surface area contributed by atoms with Crippen LogP contribution in [0.15, 0.2) is 53.3 Å². The number of benzene rings is 2. The molecule has 1 aliphatic rings. The van der Waals surface area contributed by atoms with Crippen LogP contribution in [0.1, 0.15) is 5.69 Å². The molecule has 152 valence electrons. The van der Waals surface area contributed by atoms with Crippen LogP contribution in [0.4, 0.5) is 10.1 Å². The van der Waals surface area contributed by atoms with Crippen molar-refractivity contribution in [2.75, 3.05) is 31.1 Å². The summed E-state index contributed by atoms with van der Waals surface area (Å²) in [5.41, 5.74) is 2.06. The average molecular weight is 435 g/mol. The van der Waals surface area contributed by atoms with Gasteiger partial charge in [0, 0.05) is 39.8 Å². The lowest BCUT2D eigenvalue weighted by Crippen LogP contribution is -2.46. The quantitative estimate of drug-likeness (QED) is 0.623. The van der Waals surface area contributed by atoms with E-state index in [-0.39, 0.29) is 16.4 Å². The van der Waals surface area contributed by atoms with Crippen LogP contribution in [0, 0.1) is 5.82 Å². The lowest BCUT2D eigenvalue weighted by molar-refractivity contribution is 0.243. The maximum Gasteiger partial charge on any atom is 0.290 e. The summed E-state index contributed by atoms with van der Waals surface area (Å²) < 4.78 is 16.5. The molecule has 2 heterocycles. The van der Waals surface area contributed by atoms with Gasteiger partial charge in [-0.2, -0.15) is 0 Å². The molecule has 0 spiro atoms. The monoisotopic (exact) mass is 434 g/mol. The van der Waals surface area contributed by atoms with Crippen molar-refractivity contribution < 1.29 is 4.39 Å². The minimum atomic E-state index is -0.348. The molecule has 8 heteroatoms. The topological polar surface area (TPSA) is 33.4 Å². The van der Waals surface area contributed by atoms with E-state index in [1.807, 2.05) is 24.3 Å². The van der Waals surface area contributed by atoms with Gasteiger partial charge in [-0.1, -0.05) is 35.3 Å². The molecule has 1 saturated heterocycles. The molecule has 3 aromatic rings. The first-order valence-electron chi connectivity index (χ1n) is 9.40. The maximum atomic E-state index is 13.2. The number of hydrogen-bond acceptors (Lipinski definition) is 3. The Hall–Kier alpha value is -2.28. The van der Waals surface area contributed by atoms with E-state index in [1.54, 1.807) is 23.9 Å². The lowest BCUT2D eigenvalue weighted by atomic mass is 10.2. The Morgan fingerprint density at radius 3 is 2.28 bits per heavy atom. The summed E-state index contributed by atoms with van der Waals surface area (Å²) in [4.78, 5) is 17.2.